The van der Waals surface area contributed by atoms with Gasteiger partial charge in [0, 0.05) is 22.7 Å². The van der Waals surface area contributed by atoms with Crippen LogP contribution < -0.4 is 0 Å². The molecule has 0 aliphatic rings. The van der Waals surface area contributed by atoms with E-state index in [1.54, 1.807) is 0 Å². The molecule has 1 N–H and O–H groups in total. The second-order valence-electron chi connectivity index (χ2n) is 3.67. The molecule has 4 heteroatoms. The predicted molar refractivity (Wildman–Crippen MR) is 63.8 cm³/mol. The summed E-state index contributed by atoms with van der Waals surface area (Å²) in [4.78, 5) is 0. The van der Waals surface area contributed by atoms with Crippen molar-refractivity contribution in [2.45, 2.75) is 19.4 Å². The molecule has 3 nitrogen and oxygen atoms in total. The van der Waals surface area contributed by atoms with Crippen molar-refractivity contribution < 1.29 is 5.11 Å². The number of rotatable bonds is 3. The van der Waals surface area contributed by atoms with Crippen LogP contribution in [-0.4, -0.2) is 21.5 Å². The molecule has 1 heterocycles. The van der Waals surface area contributed by atoms with Crippen molar-refractivity contribution in [3.63, 3.8) is 0 Å². The van der Waals surface area contributed by atoms with Gasteiger partial charge in [-0.2, -0.15) is 5.10 Å². The van der Waals surface area contributed by atoms with E-state index in [0.29, 0.717) is 0 Å². The van der Waals surface area contributed by atoms with Crippen LogP contribution >= 0.6 is 15.9 Å². The molecule has 0 aliphatic heterocycles. The Morgan fingerprint density at radius 3 is 3.07 bits per heavy atom. The summed E-state index contributed by atoms with van der Waals surface area (Å²) < 4.78 is 2.95. The molecule has 0 fully saturated rings. The average molecular weight is 269 g/mol. The van der Waals surface area contributed by atoms with Crippen molar-refractivity contribution in [2.75, 3.05) is 6.61 Å². The first-order valence-electron chi connectivity index (χ1n) is 4.96. The summed E-state index contributed by atoms with van der Waals surface area (Å²) in [5.41, 5.74) is 0.981. The van der Waals surface area contributed by atoms with E-state index in [1.165, 1.54) is 0 Å². The number of fused-ring (bicyclic) bond motifs is 1. The lowest BCUT2D eigenvalue weighted by molar-refractivity contribution is 0.258. The topological polar surface area (TPSA) is 38.0 Å². The van der Waals surface area contributed by atoms with Crippen molar-refractivity contribution in [1.29, 1.82) is 0 Å². The SMILES string of the molecule is CC(CCO)n1cc2ccc(Br)cc2n1. The fraction of sp³-hybridized carbons (Fsp3) is 0.364. The molecule has 1 atom stereocenters. The first-order valence-corrected chi connectivity index (χ1v) is 5.75. The average Bonchev–Trinajstić information content (AvgIpc) is 2.60. The maximum atomic E-state index is 8.87. The highest BCUT2D eigenvalue weighted by Crippen LogP contribution is 2.20. The van der Waals surface area contributed by atoms with Gasteiger partial charge in [-0.15, -0.1) is 0 Å². The van der Waals surface area contributed by atoms with Gasteiger partial charge in [-0.25, -0.2) is 0 Å². The largest absolute Gasteiger partial charge is 0.396 e. The molecule has 0 radical (unpaired) electrons. The quantitative estimate of drug-likeness (QED) is 0.930. The molecule has 0 amide bonds. The minimum Gasteiger partial charge on any atom is -0.396 e. The zero-order valence-electron chi connectivity index (χ0n) is 8.52. The van der Waals surface area contributed by atoms with E-state index in [1.807, 2.05) is 29.1 Å². The zero-order chi connectivity index (χ0) is 10.8. The zero-order valence-corrected chi connectivity index (χ0v) is 10.1. The summed E-state index contributed by atoms with van der Waals surface area (Å²) in [6.07, 6.45) is 2.75. The number of hydrogen-bond donors (Lipinski definition) is 1. The number of hydrogen-bond acceptors (Lipinski definition) is 2. The van der Waals surface area contributed by atoms with Gasteiger partial charge in [0.2, 0.25) is 0 Å². The third-order valence-electron chi connectivity index (χ3n) is 2.49. The van der Waals surface area contributed by atoms with Gasteiger partial charge in [0.1, 0.15) is 0 Å². The van der Waals surface area contributed by atoms with Crippen LogP contribution in [0.25, 0.3) is 10.9 Å². The second-order valence-corrected chi connectivity index (χ2v) is 4.59. The van der Waals surface area contributed by atoms with E-state index in [9.17, 15) is 0 Å². The summed E-state index contributed by atoms with van der Waals surface area (Å²) in [6, 6.07) is 6.28. The molecule has 0 bridgehead atoms. The number of aromatic nitrogens is 2. The number of nitrogens with zero attached hydrogens (tertiary/aromatic N) is 2. The molecular formula is C11H13BrN2O. The Morgan fingerprint density at radius 2 is 2.33 bits per heavy atom. The van der Waals surface area contributed by atoms with Crippen LogP contribution in [0.3, 0.4) is 0 Å². The van der Waals surface area contributed by atoms with E-state index in [-0.39, 0.29) is 12.6 Å². The van der Waals surface area contributed by atoms with Gasteiger partial charge in [0.25, 0.3) is 0 Å². The van der Waals surface area contributed by atoms with Crippen LogP contribution in [0.15, 0.2) is 28.9 Å². The Labute approximate surface area is 96.8 Å². The minimum atomic E-state index is 0.196. The first kappa shape index (κ1) is 10.6. The maximum Gasteiger partial charge on any atom is 0.0934 e. The lowest BCUT2D eigenvalue weighted by atomic mass is 10.2. The van der Waals surface area contributed by atoms with Crippen LogP contribution in [0, 0.1) is 0 Å². The summed E-state index contributed by atoms with van der Waals surface area (Å²) in [5, 5.41) is 14.5. The van der Waals surface area contributed by atoms with Crippen molar-refractivity contribution in [3.05, 3.63) is 28.9 Å². The molecule has 0 spiro atoms. The maximum absolute atomic E-state index is 8.87. The van der Waals surface area contributed by atoms with Crippen LogP contribution in [0.2, 0.25) is 0 Å². The molecule has 0 aliphatic carbocycles. The van der Waals surface area contributed by atoms with Crippen molar-refractivity contribution in [1.82, 2.24) is 9.78 Å². The number of aliphatic hydroxyl groups is 1. The fourth-order valence-electron chi connectivity index (χ4n) is 1.55. The summed E-state index contributed by atoms with van der Waals surface area (Å²) in [7, 11) is 0. The van der Waals surface area contributed by atoms with E-state index in [2.05, 4.69) is 28.0 Å². The third-order valence-corrected chi connectivity index (χ3v) is 2.98. The Balaban J connectivity index is 2.38. The van der Waals surface area contributed by atoms with Crippen molar-refractivity contribution in [3.8, 4) is 0 Å². The van der Waals surface area contributed by atoms with Crippen LogP contribution in [0.5, 0.6) is 0 Å². The Kier molecular flexibility index (Phi) is 3.07. The van der Waals surface area contributed by atoms with E-state index in [0.717, 1.165) is 21.8 Å². The van der Waals surface area contributed by atoms with E-state index >= 15 is 0 Å². The summed E-state index contributed by atoms with van der Waals surface area (Å²) >= 11 is 3.42. The lowest BCUT2D eigenvalue weighted by Gasteiger charge is -2.08. The minimum absolute atomic E-state index is 0.196. The van der Waals surface area contributed by atoms with Crippen molar-refractivity contribution >= 4 is 26.8 Å². The third kappa shape index (κ3) is 2.21. The summed E-state index contributed by atoms with van der Waals surface area (Å²) in [5.74, 6) is 0. The van der Waals surface area contributed by atoms with Gasteiger partial charge in [-0.3, -0.25) is 4.68 Å². The molecular weight excluding hydrogens is 256 g/mol. The highest BCUT2D eigenvalue weighted by atomic mass is 79.9. The van der Waals surface area contributed by atoms with Crippen LogP contribution in [-0.2, 0) is 0 Å². The molecule has 80 valence electrons. The molecule has 1 unspecified atom stereocenters. The molecule has 0 saturated carbocycles. The number of benzene rings is 1. The second kappa shape index (κ2) is 4.33. The van der Waals surface area contributed by atoms with Gasteiger partial charge in [-0.05, 0) is 25.5 Å². The highest BCUT2D eigenvalue weighted by Gasteiger charge is 2.07. The van der Waals surface area contributed by atoms with E-state index < -0.39 is 0 Å². The predicted octanol–water partition coefficient (Wildman–Crippen LogP) is 2.74. The standard InChI is InChI=1S/C11H13BrN2O/c1-8(4-5-15)14-7-9-2-3-10(12)6-11(9)13-14/h2-3,6-8,15H,4-5H2,1H3. The normalized spacial score (nSPS) is 13.3. The molecule has 2 rings (SSSR count). The van der Waals surface area contributed by atoms with Crippen LogP contribution in [0.4, 0.5) is 0 Å². The Bertz CT molecular complexity index is 467. The fourth-order valence-corrected chi connectivity index (χ4v) is 1.90. The monoisotopic (exact) mass is 268 g/mol. The van der Waals surface area contributed by atoms with Gasteiger partial charge in [0.15, 0.2) is 0 Å². The Hall–Kier alpha value is -0.870. The molecule has 2 aromatic rings. The molecule has 1 aromatic heterocycles. The van der Waals surface area contributed by atoms with Gasteiger partial charge >= 0.3 is 0 Å². The summed E-state index contributed by atoms with van der Waals surface area (Å²) in [6.45, 7) is 2.25. The lowest BCUT2D eigenvalue weighted by Crippen LogP contribution is -2.07. The highest BCUT2D eigenvalue weighted by molar-refractivity contribution is 9.10. The molecule has 15 heavy (non-hydrogen) atoms. The van der Waals surface area contributed by atoms with Gasteiger partial charge in [-0.1, -0.05) is 22.0 Å². The van der Waals surface area contributed by atoms with Crippen LogP contribution in [0.1, 0.15) is 19.4 Å². The molecule has 1 aromatic carbocycles. The van der Waals surface area contributed by atoms with E-state index in [4.69, 9.17) is 5.11 Å². The number of halogens is 1. The van der Waals surface area contributed by atoms with Gasteiger partial charge < -0.3 is 5.11 Å². The Morgan fingerprint density at radius 1 is 1.53 bits per heavy atom. The van der Waals surface area contributed by atoms with Gasteiger partial charge in [0.05, 0.1) is 11.6 Å². The van der Waals surface area contributed by atoms with Crippen molar-refractivity contribution in [2.24, 2.45) is 0 Å². The molecule has 0 saturated heterocycles. The number of aliphatic hydroxyl groups excluding tert-OH is 1. The smallest absolute Gasteiger partial charge is 0.0934 e. The first-order chi connectivity index (χ1) is 7.20.